The van der Waals surface area contributed by atoms with Crippen molar-refractivity contribution in [2.45, 2.75) is 13.8 Å². The van der Waals surface area contributed by atoms with Crippen LogP contribution in [0.4, 0.5) is 11.5 Å². The maximum absolute atomic E-state index is 12.5. The number of nitrogens with one attached hydrogen (secondary N) is 2. The predicted octanol–water partition coefficient (Wildman–Crippen LogP) is 2.68. The molecule has 0 aliphatic rings. The summed E-state index contributed by atoms with van der Waals surface area (Å²) in [7, 11) is 1.78. The first-order valence-electron chi connectivity index (χ1n) is 7.83. The number of anilines is 2. The molecule has 0 aromatic carbocycles. The van der Waals surface area contributed by atoms with Crippen molar-refractivity contribution in [3.8, 4) is 0 Å². The van der Waals surface area contributed by atoms with Gasteiger partial charge in [-0.15, -0.1) is 0 Å². The number of fused-ring (bicyclic) bond motifs is 1. The number of carbonyl (C=O) groups is 1. The lowest BCUT2D eigenvalue weighted by molar-refractivity contribution is 0.102. The van der Waals surface area contributed by atoms with Gasteiger partial charge in [-0.05, 0) is 30.2 Å². The van der Waals surface area contributed by atoms with E-state index in [2.05, 4.69) is 39.5 Å². The zero-order valence-corrected chi connectivity index (χ0v) is 13.9. The Bertz CT molecular complexity index is 856. The van der Waals surface area contributed by atoms with Gasteiger partial charge < -0.3 is 10.6 Å². The third-order valence-corrected chi connectivity index (χ3v) is 3.51. The number of carbonyl (C=O) groups excluding carboxylic acids is 1. The quantitative estimate of drug-likeness (QED) is 0.754. The largest absolute Gasteiger partial charge is 0.370 e. The van der Waals surface area contributed by atoms with Crippen LogP contribution < -0.4 is 10.6 Å². The smallest absolute Gasteiger partial charge is 0.276 e. The lowest BCUT2D eigenvalue weighted by atomic mass is 10.2. The zero-order chi connectivity index (χ0) is 17.1. The van der Waals surface area contributed by atoms with Gasteiger partial charge in [0.15, 0.2) is 11.3 Å². The maximum Gasteiger partial charge on any atom is 0.276 e. The molecule has 0 fully saturated rings. The van der Waals surface area contributed by atoms with Crippen LogP contribution in [0.15, 0.2) is 36.7 Å². The van der Waals surface area contributed by atoms with Crippen LogP contribution in [-0.4, -0.2) is 32.2 Å². The van der Waals surface area contributed by atoms with Crippen LogP contribution in [0.5, 0.6) is 0 Å². The summed E-state index contributed by atoms with van der Waals surface area (Å²) in [6.07, 6.45) is 3.25. The Labute approximate surface area is 140 Å². The summed E-state index contributed by atoms with van der Waals surface area (Å²) in [5.74, 6) is 1.02. The molecule has 0 aliphatic heterocycles. The van der Waals surface area contributed by atoms with Crippen LogP contribution in [0.25, 0.3) is 11.0 Å². The minimum Gasteiger partial charge on any atom is -0.370 e. The van der Waals surface area contributed by atoms with Crippen LogP contribution in [0.2, 0.25) is 0 Å². The number of pyridine rings is 2. The summed E-state index contributed by atoms with van der Waals surface area (Å²) in [4.78, 5) is 21.0. The number of aryl methyl sites for hydroxylation is 1. The molecule has 7 nitrogen and oxygen atoms in total. The summed E-state index contributed by atoms with van der Waals surface area (Å²) in [5, 5.41) is 11.1. The minimum absolute atomic E-state index is 0.279. The Hall–Kier alpha value is -2.96. The van der Waals surface area contributed by atoms with E-state index in [-0.39, 0.29) is 5.91 Å². The Morgan fingerprint density at radius 3 is 2.83 bits per heavy atom. The molecule has 0 aliphatic carbocycles. The minimum atomic E-state index is -0.279. The standard InChI is InChI=1S/C17H20N6O/c1-11(2)9-19-14-7-6-13-15(22-23(3)16(13)21-14)17(24)20-12-5-4-8-18-10-12/h4-8,10-11H,9H2,1-3H3,(H,19,21)(H,20,24). The number of nitrogens with zero attached hydrogens (tertiary/aromatic N) is 4. The van der Waals surface area contributed by atoms with Crippen molar-refractivity contribution in [2.24, 2.45) is 13.0 Å². The Kier molecular flexibility index (Phi) is 4.41. The van der Waals surface area contributed by atoms with Gasteiger partial charge in [-0.3, -0.25) is 9.78 Å². The number of aromatic nitrogens is 4. The highest BCUT2D eigenvalue weighted by Crippen LogP contribution is 2.20. The predicted molar refractivity (Wildman–Crippen MR) is 94.0 cm³/mol. The SMILES string of the molecule is CC(C)CNc1ccc2c(C(=O)Nc3cccnc3)nn(C)c2n1. The first kappa shape index (κ1) is 15.9. The number of rotatable bonds is 5. The molecule has 1 amide bonds. The first-order valence-corrected chi connectivity index (χ1v) is 7.83. The van der Waals surface area contributed by atoms with E-state index in [0.717, 1.165) is 12.4 Å². The van der Waals surface area contributed by atoms with E-state index in [0.29, 0.717) is 28.3 Å². The van der Waals surface area contributed by atoms with E-state index < -0.39 is 0 Å². The Morgan fingerprint density at radius 1 is 1.29 bits per heavy atom. The normalized spacial score (nSPS) is 11.0. The van der Waals surface area contributed by atoms with Crippen LogP contribution in [-0.2, 0) is 7.05 Å². The van der Waals surface area contributed by atoms with Crippen molar-refractivity contribution in [3.05, 3.63) is 42.4 Å². The molecule has 2 N–H and O–H groups in total. The Morgan fingerprint density at radius 2 is 2.12 bits per heavy atom. The second-order valence-corrected chi connectivity index (χ2v) is 6.01. The van der Waals surface area contributed by atoms with Gasteiger partial charge >= 0.3 is 0 Å². The van der Waals surface area contributed by atoms with Gasteiger partial charge in [0.2, 0.25) is 0 Å². The zero-order valence-electron chi connectivity index (χ0n) is 13.9. The molecule has 0 atom stereocenters. The van der Waals surface area contributed by atoms with Crippen molar-refractivity contribution in [2.75, 3.05) is 17.2 Å². The van der Waals surface area contributed by atoms with Crippen LogP contribution >= 0.6 is 0 Å². The molecule has 0 saturated carbocycles. The van der Waals surface area contributed by atoms with Gasteiger partial charge in [0.1, 0.15) is 5.82 Å². The second kappa shape index (κ2) is 6.66. The van der Waals surface area contributed by atoms with E-state index >= 15 is 0 Å². The van der Waals surface area contributed by atoms with E-state index in [4.69, 9.17) is 0 Å². The fourth-order valence-corrected chi connectivity index (χ4v) is 2.33. The average Bonchev–Trinajstić information content (AvgIpc) is 2.90. The molecule has 24 heavy (non-hydrogen) atoms. The molecule has 0 bridgehead atoms. The molecule has 0 radical (unpaired) electrons. The van der Waals surface area contributed by atoms with Crippen LogP contribution in [0, 0.1) is 5.92 Å². The van der Waals surface area contributed by atoms with Gasteiger partial charge in [-0.25, -0.2) is 9.67 Å². The summed E-state index contributed by atoms with van der Waals surface area (Å²) >= 11 is 0. The van der Waals surface area contributed by atoms with Crippen molar-refractivity contribution in [1.29, 1.82) is 0 Å². The van der Waals surface area contributed by atoms with Gasteiger partial charge in [-0.2, -0.15) is 5.10 Å². The molecule has 124 valence electrons. The van der Waals surface area contributed by atoms with Crippen molar-refractivity contribution in [3.63, 3.8) is 0 Å². The lowest BCUT2D eigenvalue weighted by Gasteiger charge is -2.08. The second-order valence-electron chi connectivity index (χ2n) is 6.01. The molecular formula is C17H20N6O. The molecule has 3 heterocycles. The average molecular weight is 324 g/mol. The van der Waals surface area contributed by atoms with E-state index in [1.165, 1.54) is 0 Å². The molecule has 0 saturated heterocycles. The van der Waals surface area contributed by atoms with E-state index in [1.54, 1.807) is 36.3 Å². The molecule has 0 unspecified atom stereocenters. The summed E-state index contributed by atoms with van der Waals surface area (Å²) < 4.78 is 1.62. The topological polar surface area (TPSA) is 84.7 Å². The van der Waals surface area contributed by atoms with Gasteiger partial charge in [0, 0.05) is 19.8 Å². The highest BCUT2D eigenvalue weighted by molar-refractivity contribution is 6.10. The van der Waals surface area contributed by atoms with Gasteiger partial charge in [0.05, 0.1) is 17.3 Å². The molecular weight excluding hydrogens is 304 g/mol. The molecule has 3 aromatic heterocycles. The lowest BCUT2D eigenvalue weighted by Crippen LogP contribution is -2.13. The molecule has 3 rings (SSSR count). The fourth-order valence-electron chi connectivity index (χ4n) is 2.33. The van der Waals surface area contributed by atoms with E-state index in [9.17, 15) is 4.79 Å². The highest BCUT2D eigenvalue weighted by Gasteiger charge is 2.17. The first-order chi connectivity index (χ1) is 11.5. The van der Waals surface area contributed by atoms with Gasteiger partial charge in [-0.1, -0.05) is 13.8 Å². The van der Waals surface area contributed by atoms with Crippen molar-refractivity contribution < 1.29 is 4.79 Å². The van der Waals surface area contributed by atoms with Gasteiger partial charge in [0.25, 0.3) is 5.91 Å². The van der Waals surface area contributed by atoms with Crippen LogP contribution in [0.1, 0.15) is 24.3 Å². The summed E-state index contributed by atoms with van der Waals surface area (Å²) in [6.45, 7) is 5.11. The molecule has 3 aromatic rings. The summed E-state index contributed by atoms with van der Waals surface area (Å²) in [6, 6.07) is 7.28. The summed E-state index contributed by atoms with van der Waals surface area (Å²) in [5.41, 5.74) is 1.64. The Balaban J connectivity index is 1.88. The van der Waals surface area contributed by atoms with Crippen molar-refractivity contribution >= 4 is 28.4 Å². The van der Waals surface area contributed by atoms with Crippen molar-refractivity contribution in [1.82, 2.24) is 19.7 Å². The third-order valence-electron chi connectivity index (χ3n) is 3.51. The third kappa shape index (κ3) is 3.34. The fraction of sp³-hybridized carbons (Fsp3) is 0.294. The molecule has 0 spiro atoms. The molecule has 7 heteroatoms. The highest BCUT2D eigenvalue weighted by atomic mass is 16.2. The van der Waals surface area contributed by atoms with E-state index in [1.807, 2.05) is 12.1 Å². The monoisotopic (exact) mass is 324 g/mol. The number of hydrogen-bond donors (Lipinski definition) is 2. The number of amides is 1. The van der Waals surface area contributed by atoms with Crippen LogP contribution in [0.3, 0.4) is 0 Å². The number of hydrogen-bond acceptors (Lipinski definition) is 5. The maximum atomic E-state index is 12.5.